The summed E-state index contributed by atoms with van der Waals surface area (Å²) in [6.07, 6.45) is 2.20. The maximum Gasteiger partial charge on any atom is 0.407 e. The number of carbonyl (C=O) groups excluding carboxylic acids is 9. The number of nitrogens with zero attached hydrogens (tertiary/aromatic N) is 1. The topological polar surface area (TPSA) is 350 Å². The van der Waals surface area contributed by atoms with Crippen molar-refractivity contribution in [2.24, 2.45) is 11.7 Å². The number of phenolic OH excluding ortho intramolecular Hbond substituents is 1. The van der Waals surface area contributed by atoms with E-state index in [1.54, 1.807) is 44.2 Å². The summed E-state index contributed by atoms with van der Waals surface area (Å²) in [4.78, 5) is 117. The smallest absolute Gasteiger partial charge is 0.407 e. The van der Waals surface area contributed by atoms with E-state index in [-0.39, 0.29) is 92.0 Å². The summed E-state index contributed by atoms with van der Waals surface area (Å²) in [6, 6.07) is 8.24. The Kier molecular flexibility index (Phi) is 16.3. The molecule has 3 aromatic carbocycles. The Morgan fingerprint density at radius 1 is 0.833 bits per heavy atom. The van der Waals surface area contributed by atoms with Crippen molar-refractivity contribution in [2.75, 3.05) is 42.1 Å². The molecule has 1 saturated heterocycles. The van der Waals surface area contributed by atoms with E-state index < -0.39 is 106 Å². The van der Waals surface area contributed by atoms with E-state index in [4.69, 9.17) is 15.2 Å². The van der Waals surface area contributed by atoms with E-state index in [0.29, 0.717) is 16.9 Å². The number of aromatic hydroxyl groups is 1. The van der Waals surface area contributed by atoms with E-state index in [0.717, 1.165) is 17.1 Å². The minimum atomic E-state index is -1.70. The number of urea groups is 1. The highest BCUT2D eigenvalue weighted by Gasteiger charge is 2.82. The second-order valence-electron chi connectivity index (χ2n) is 19.3. The first-order valence-electron chi connectivity index (χ1n) is 25.1. The number of aliphatic hydroxyl groups is 2. The Morgan fingerprint density at radius 2 is 1.53 bits per heavy atom. The Balaban J connectivity index is 0.821. The third-order valence-electron chi connectivity index (χ3n) is 13.8. The molecule has 1 fully saturated rings. The number of primary amides is 1. The number of ether oxygens (including phenoxy) is 2. The van der Waals surface area contributed by atoms with Gasteiger partial charge < -0.3 is 67.7 Å². The Bertz CT molecular complexity index is 3170. The number of epoxide rings is 1. The average molecular weight is 1070 g/mol. The molecule has 0 aromatic heterocycles. The van der Waals surface area contributed by atoms with E-state index in [1.165, 1.54) is 37.3 Å². The number of nitrogens with two attached hydrogens (primary N) is 1. The van der Waals surface area contributed by atoms with Crippen LogP contribution in [0.2, 0.25) is 0 Å². The van der Waals surface area contributed by atoms with Gasteiger partial charge in [0.05, 0.1) is 22.9 Å². The molecule has 8 rings (SSSR count). The normalized spacial score (nSPS) is 21.0. The number of imide groups is 1. The molecule has 23 heteroatoms. The molecule has 0 radical (unpaired) electrons. The molecule has 3 aromatic rings. The van der Waals surface area contributed by atoms with Gasteiger partial charge >= 0.3 is 12.1 Å². The second-order valence-corrected chi connectivity index (χ2v) is 19.3. The van der Waals surface area contributed by atoms with Crippen molar-refractivity contribution in [2.45, 2.75) is 94.6 Å². The molecule has 5 aliphatic rings. The van der Waals surface area contributed by atoms with Crippen LogP contribution in [-0.4, -0.2) is 136 Å². The van der Waals surface area contributed by atoms with Crippen LogP contribution < -0.4 is 43.0 Å². The molecule has 7 unspecified atom stereocenters. The zero-order valence-corrected chi connectivity index (χ0v) is 42.6. The molecule has 3 aliphatic heterocycles. The zero-order chi connectivity index (χ0) is 56.1. The van der Waals surface area contributed by atoms with Gasteiger partial charge in [0.15, 0.2) is 28.9 Å². The molecular formula is C55H57N9O14. The number of ketones is 2. The van der Waals surface area contributed by atoms with Gasteiger partial charge in [0.2, 0.25) is 17.7 Å². The third kappa shape index (κ3) is 11.1. The maximum absolute atomic E-state index is 14.3. The SMILES string of the molecule is CC(C)C(NC(=O)CCCN1C(=O)C=CC1=O)C(=O)NC(CCCNC(N)=O)C(=O)Nc1ccc(COC(=O)NCCNc2ccc3c(c2)C(=O)c2c(O)cc4c(c2C3=O)NC2C#CC=CC#CC(O)C43OC23C(C)O)cc1. The minimum Gasteiger partial charge on any atom is -0.507 e. The van der Waals surface area contributed by atoms with Crippen LogP contribution in [0.1, 0.15) is 89.4 Å². The van der Waals surface area contributed by atoms with Crippen LogP contribution in [0.3, 0.4) is 0 Å². The molecule has 0 spiro atoms. The number of hydrogen-bond acceptors (Lipinski definition) is 16. The number of allylic oxidation sites excluding steroid dienone is 2. The molecular weight excluding hydrogens is 1010 g/mol. The van der Waals surface area contributed by atoms with Gasteiger partial charge in [-0.1, -0.05) is 49.7 Å². The number of fused-ring (bicyclic) bond motifs is 4. The van der Waals surface area contributed by atoms with Gasteiger partial charge in [-0.3, -0.25) is 38.5 Å². The standard InChI is InChI=1S/C55H57N9O14/c1-29(2)46(63-41(68)13-9-25-64-42(69)20-21-43(64)70)51(74)61-37(10-8-22-58-52(56)75)50(73)60-32-16-14-31(15-17-32)28-77-53(76)59-24-23-57-33-18-19-34-35(26-33)49(72)44-38(66)27-36-47(45(44)48(34)71)62-39-11-6-4-5-7-12-40(67)55(36)54(39,78-55)30(3)65/h4-5,14-21,26-27,29-30,37,39-40,46,57,62,65-67H,8-10,13,22-25,28H2,1-3H3,(H,59,76)(H,60,73)(H,61,74)(H,63,68)(H3,56,58,75). The Hall–Kier alpha value is -9.03. The van der Waals surface area contributed by atoms with E-state index in [9.17, 15) is 58.5 Å². The number of amides is 8. The lowest BCUT2D eigenvalue weighted by atomic mass is 9.69. The molecule has 2 aliphatic carbocycles. The van der Waals surface area contributed by atoms with Gasteiger partial charge in [0.1, 0.15) is 30.5 Å². The summed E-state index contributed by atoms with van der Waals surface area (Å²) in [5.41, 5.74) is 3.25. The van der Waals surface area contributed by atoms with Crippen LogP contribution in [0.25, 0.3) is 0 Å². The number of nitrogens with one attached hydrogen (secondary N) is 7. The molecule has 78 heavy (non-hydrogen) atoms. The van der Waals surface area contributed by atoms with Crippen molar-refractivity contribution < 1.29 is 67.9 Å². The summed E-state index contributed by atoms with van der Waals surface area (Å²) in [7, 11) is 0. The van der Waals surface area contributed by atoms with Crippen molar-refractivity contribution in [3.8, 4) is 29.4 Å². The predicted octanol–water partition coefficient (Wildman–Crippen LogP) is 1.30. The van der Waals surface area contributed by atoms with Gasteiger partial charge in [-0.05, 0) is 86.2 Å². The molecule has 12 N–H and O–H groups in total. The van der Waals surface area contributed by atoms with Crippen LogP contribution in [0, 0.1) is 29.6 Å². The molecule has 7 atom stereocenters. The lowest BCUT2D eigenvalue weighted by molar-refractivity contribution is -0.137. The number of aliphatic hydroxyl groups excluding tert-OH is 2. The van der Waals surface area contributed by atoms with Gasteiger partial charge in [0, 0.05) is 72.8 Å². The monoisotopic (exact) mass is 1070 g/mol. The zero-order valence-electron chi connectivity index (χ0n) is 42.6. The highest BCUT2D eigenvalue weighted by molar-refractivity contribution is 6.31. The highest BCUT2D eigenvalue weighted by atomic mass is 16.7. The number of phenols is 1. The predicted molar refractivity (Wildman–Crippen MR) is 279 cm³/mol. The summed E-state index contributed by atoms with van der Waals surface area (Å²) in [5, 5.41) is 53.3. The molecule has 406 valence electrons. The van der Waals surface area contributed by atoms with Gasteiger partial charge in [-0.25, -0.2) is 9.59 Å². The number of alkyl carbamates (subject to hydrolysis) is 1. The number of carbonyl (C=O) groups is 9. The molecule has 8 amide bonds. The summed E-state index contributed by atoms with van der Waals surface area (Å²) < 4.78 is 11.6. The highest BCUT2D eigenvalue weighted by Crippen LogP contribution is 2.67. The van der Waals surface area contributed by atoms with Gasteiger partial charge in [0.25, 0.3) is 11.8 Å². The first kappa shape index (κ1) is 55.2. The van der Waals surface area contributed by atoms with Crippen molar-refractivity contribution in [1.82, 2.24) is 26.2 Å². The lowest BCUT2D eigenvalue weighted by Gasteiger charge is -2.37. The molecule has 2 bridgehead atoms. The number of hydrogen-bond donors (Lipinski definition) is 11. The molecule has 23 nitrogen and oxygen atoms in total. The van der Waals surface area contributed by atoms with Crippen LogP contribution in [0.5, 0.6) is 5.75 Å². The van der Waals surface area contributed by atoms with Gasteiger partial charge in [-0.2, -0.15) is 0 Å². The number of anilines is 3. The molecule has 3 heterocycles. The first-order chi connectivity index (χ1) is 37.3. The Labute approximate surface area is 447 Å². The van der Waals surface area contributed by atoms with Gasteiger partial charge in [-0.15, -0.1) is 0 Å². The maximum atomic E-state index is 14.3. The third-order valence-corrected chi connectivity index (χ3v) is 13.8. The molecule has 0 saturated carbocycles. The minimum absolute atomic E-state index is 0.0131. The van der Waals surface area contributed by atoms with Crippen LogP contribution >= 0.6 is 0 Å². The van der Waals surface area contributed by atoms with Crippen LogP contribution in [0.4, 0.5) is 26.7 Å². The first-order valence-corrected chi connectivity index (χ1v) is 25.1. The van der Waals surface area contributed by atoms with Crippen LogP contribution in [0.15, 0.2) is 72.8 Å². The fourth-order valence-corrected chi connectivity index (χ4v) is 9.91. The van der Waals surface area contributed by atoms with E-state index in [2.05, 4.69) is 60.9 Å². The Morgan fingerprint density at radius 3 is 2.22 bits per heavy atom. The fraction of sp³-hybridized carbons (Fsp3) is 0.364. The number of benzene rings is 3. The van der Waals surface area contributed by atoms with Crippen molar-refractivity contribution >= 4 is 70.3 Å². The quantitative estimate of drug-likeness (QED) is 0.0184. The summed E-state index contributed by atoms with van der Waals surface area (Å²) in [6.45, 7) is 5.15. The number of rotatable bonds is 21. The van der Waals surface area contributed by atoms with Crippen molar-refractivity contribution in [1.29, 1.82) is 0 Å². The second kappa shape index (κ2) is 23.1. The fourth-order valence-electron chi connectivity index (χ4n) is 9.91. The van der Waals surface area contributed by atoms with Crippen LogP contribution in [-0.2, 0) is 45.7 Å². The van der Waals surface area contributed by atoms with E-state index in [1.807, 2.05) is 0 Å². The average Bonchev–Trinajstić information content (AvgIpc) is 3.44. The summed E-state index contributed by atoms with van der Waals surface area (Å²) in [5.74, 6) is 6.40. The largest absolute Gasteiger partial charge is 0.507 e. The van der Waals surface area contributed by atoms with E-state index >= 15 is 0 Å². The van der Waals surface area contributed by atoms with Crippen molar-refractivity contribution in [3.63, 3.8) is 0 Å². The van der Waals surface area contributed by atoms with Crippen molar-refractivity contribution in [3.05, 3.63) is 106 Å². The summed E-state index contributed by atoms with van der Waals surface area (Å²) >= 11 is 0. The lowest BCUT2D eigenvalue weighted by Crippen LogP contribution is -2.54.